The van der Waals surface area contributed by atoms with E-state index in [0.717, 1.165) is 29.4 Å². The number of hydrogen-bond donors (Lipinski definition) is 1. The molecule has 0 aromatic heterocycles. The van der Waals surface area contributed by atoms with E-state index in [2.05, 4.69) is 12.6 Å². The zero-order valence-electron chi connectivity index (χ0n) is 6.51. The van der Waals surface area contributed by atoms with Crippen LogP contribution in [0, 0.1) is 0 Å². The Kier molecular flexibility index (Phi) is 2.20. The van der Waals surface area contributed by atoms with Crippen LogP contribution in [-0.2, 0) is 12.2 Å². The molecule has 0 aliphatic carbocycles. The van der Waals surface area contributed by atoms with Gasteiger partial charge in [-0.1, -0.05) is 11.6 Å². The zero-order valence-corrected chi connectivity index (χ0v) is 8.16. The van der Waals surface area contributed by atoms with Gasteiger partial charge >= 0.3 is 0 Å². The second-order valence-corrected chi connectivity index (χ2v) is 3.56. The van der Waals surface area contributed by atoms with Crippen LogP contribution in [-0.4, -0.2) is 6.61 Å². The van der Waals surface area contributed by atoms with Crippen molar-refractivity contribution in [3.63, 3.8) is 0 Å². The molecule has 0 bridgehead atoms. The van der Waals surface area contributed by atoms with E-state index in [0.29, 0.717) is 5.75 Å². The van der Waals surface area contributed by atoms with Gasteiger partial charge in [0.25, 0.3) is 0 Å². The Morgan fingerprint density at radius 1 is 1.50 bits per heavy atom. The fraction of sp³-hybridized carbons (Fsp3) is 0.333. The summed E-state index contributed by atoms with van der Waals surface area (Å²) in [6.07, 6.45) is 0.969. The van der Waals surface area contributed by atoms with Crippen molar-refractivity contribution in [3.8, 4) is 5.75 Å². The first-order valence-electron chi connectivity index (χ1n) is 3.86. The fourth-order valence-corrected chi connectivity index (χ4v) is 1.96. The van der Waals surface area contributed by atoms with Crippen LogP contribution in [0.25, 0.3) is 0 Å². The number of ether oxygens (including phenoxy) is 1. The van der Waals surface area contributed by atoms with Gasteiger partial charge in [0.15, 0.2) is 0 Å². The summed E-state index contributed by atoms with van der Waals surface area (Å²) in [5, 5.41) is 0.781. The highest BCUT2D eigenvalue weighted by molar-refractivity contribution is 7.79. The number of halogens is 1. The molecule has 64 valence electrons. The minimum atomic E-state index is 0.683. The van der Waals surface area contributed by atoms with E-state index in [4.69, 9.17) is 16.3 Å². The van der Waals surface area contributed by atoms with Crippen molar-refractivity contribution >= 4 is 24.2 Å². The lowest BCUT2D eigenvalue weighted by Crippen LogP contribution is -1.89. The Balaban J connectivity index is 2.55. The highest BCUT2D eigenvalue weighted by atomic mass is 35.5. The molecule has 0 saturated heterocycles. The van der Waals surface area contributed by atoms with Gasteiger partial charge in [-0.25, -0.2) is 0 Å². The van der Waals surface area contributed by atoms with Crippen LogP contribution >= 0.6 is 24.2 Å². The molecule has 2 rings (SSSR count). The third-order valence-electron chi connectivity index (χ3n) is 2.00. The van der Waals surface area contributed by atoms with Crippen molar-refractivity contribution in [2.45, 2.75) is 12.2 Å². The van der Waals surface area contributed by atoms with E-state index in [1.165, 1.54) is 5.56 Å². The van der Waals surface area contributed by atoms with Gasteiger partial charge in [-0.05, 0) is 17.7 Å². The monoisotopic (exact) mass is 200 g/mol. The zero-order chi connectivity index (χ0) is 8.55. The third-order valence-corrected chi connectivity index (χ3v) is 2.55. The van der Waals surface area contributed by atoms with Crippen LogP contribution in [0.2, 0.25) is 5.02 Å². The maximum absolute atomic E-state index is 5.92. The molecule has 0 radical (unpaired) electrons. The molecule has 12 heavy (non-hydrogen) atoms. The SMILES string of the molecule is SCc1cc(Cl)cc2c1OCC2. The van der Waals surface area contributed by atoms with Crippen LogP contribution in [0.5, 0.6) is 5.75 Å². The lowest BCUT2D eigenvalue weighted by molar-refractivity contribution is 0.354. The van der Waals surface area contributed by atoms with Crippen LogP contribution in [0.15, 0.2) is 12.1 Å². The lowest BCUT2D eigenvalue weighted by Gasteiger charge is -2.05. The lowest BCUT2D eigenvalue weighted by atomic mass is 10.1. The van der Waals surface area contributed by atoms with Gasteiger partial charge in [0.05, 0.1) is 6.61 Å². The molecule has 1 nitrogen and oxygen atoms in total. The molecule has 0 fully saturated rings. The Hall–Kier alpha value is -0.340. The van der Waals surface area contributed by atoms with Crippen LogP contribution in [0.4, 0.5) is 0 Å². The van der Waals surface area contributed by atoms with Crippen molar-refractivity contribution < 1.29 is 4.74 Å². The third kappa shape index (κ3) is 1.29. The normalized spacial score (nSPS) is 14.2. The van der Waals surface area contributed by atoms with E-state index < -0.39 is 0 Å². The maximum atomic E-state index is 5.92. The predicted octanol–water partition coefficient (Wildman–Crippen LogP) is 2.70. The summed E-state index contributed by atoms with van der Waals surface area (Å²) >= 11 is 10.1. The quantitative estimate of drug-likeness (QED) is 0.686. The van der Waals surface area contributed by atoms with Gasteiger partial charge in [-0.2, -0.15) is 12.6 Å². The largest absolute Gasteiger partial charge is 0.493 e. The van der Waals surface area contributed by atoms with Crippen LogP contribution in [0.1, 0.15) is 11.1 Å². The summed E-state index contributed by atoms with van der Waals surface area (Å²) in [6.45, 7) is 0.774. The van der Waals surface area contributed by atoms with Crippen LogP contribution < -0.4 is 4.74 Å². The summed E-state index contributed by atoms with van der Waals surface area (Å²) in [5.41, 5.74) is 2.31. The fourth-order valence-electron chi connectivity index (χ4n) is 1.46. The second-order valence-electron chi connectivity index (χ2n) is 2.81. The highest BCUT2D eigenvalue weighted by Crippen LogP contribution is 2.33. The Morgan fingerprint density at radius 2 is 2.33 bits per heavy atom. The molecular weight excluding hydrogens is 192 g/mol. The molecule has 1 aromatic rings. The predicted molar refractivity (Wildman–Crippen MR) is 53.3 cm³/mol. The number of thiol groups is 1. The van der Waals surface area contributed by atoms with Gasteiger partial charge in [0.1, 0.15) is 5.75 Å². The molecule has 0 unspecified atom stereocenters. The van der Waals surface area contributed by atoms with Gasteiger partial charge in [0, 0.05) is 22.8 Å². The van der Waals surface area contributed by atoms with Gasteiger partial charge in [0.2, 0.25) is 0 Å². The first-order valence-corrected chi connectivity index (χ1v) is 4.87. The standard InChI is InChI=1S/C9H9ClOS/c10-8-3-6-1-2-11-9(6)7(4-8)5-12/h3-4,12H,1-2,5H2. The van der Waals surface area contributed by atoms with Gasteiger partial charge in [-0.15, -0.1) is 0 Å². The Morgan fingerprint density at radius 3 is 3.08 bits per heavy atom. The van der Waals surface area contributed by atoms with Crippen molar-refractivity contribution in [3.05, 3.63) is 28.3 Å². The molecule has 1 aliphatic heterocycles. The molecule has 0 spiro atoms. The summed E-state index contributed by atoms with van der Waals surface area (Å²) in [7, 11) is 0. The molecule has 3 heteroatoms. The second kappa shape index (κ2) is 3.19. The first kappa shape index (κ1) is 8.27. The minimum Gasteiger partial charge on any atom is -0.493 e. The number of fused-ring (bicyclic) bond motifs is 1. The van der Waals surface area contributed by atoms with Crippen molar-refractivity contribution in [2.75, 3.05) is 6.61 Å². The number of hydrogen-bond acceptors (Lipinski definition) is 2. The van der Waals surface area contributed by atoms with E-state index in [1.807, 2.05) is 12.1 Å². The first-order chi connectivity index (χ1) is 5.81. The van der Waals surface area contributed by atoms with Crippen molar-refractivity contribution in [2.24, 2.45) is 0 Å². The highest BCUT2D eigenvalue weighted by Gasteiger charge is 2.16. The van der Waals surface area contributed by atoms with Gasteiger partial charge < -0.3 is 4.74 Å². The topological polar surface area (TPSA) is 9.23 Å². The Labute approximate surface area is 82.1 Å². The number of benzene rings is 1. The van der Waals surface area contributed by atoms with E-state index in [9.17, 15) is 0 Å². The molecule has 0 saturated carbocycles. The smallest absolute Gasteiger partial charge is 0.126 e. The van der Waals surface area contributed by atoms with E-state index >= 15 is 0 Å². The number of rotatable bonds is 1. The molecule has 0 amide bonds. The molecule has 1 aromatic carbocycles. The van der Waals surface area contributed by atoms with Crippen molar-refractivity contribution in [1.82, 2.24) is 0 Å². The van der Waals surface area contributed by atoms with Gasteiger partial charge in [-0.3, -0.25) is 0 Å². The van der Waals surface area contributed by atoms with E-state index in [1.54, 1.807) is 0 Å². The Bertz CT molecular complexity index is 312. The minimum absolute atomic E-state index is 0.683. The maximum Gasteiger partial charge on any atom is 0.126 e. The molecule has 0 N–H and O–H groups in total. The summed E-state index contributed by atoms with van der Waals surface area (Å²) in [5.74, 6) is 1.68. The molecular formula is C9H9ClOS. The van der Waals surface area contributed by atoms with Crippen molar-refractivity contribution in [1.29, 1.82) is 0 Å². The summed E-state index contributed by atoms with van der Waals surface area (Å²) < 4.78 is 5.47. The summed E-state index contributed by atoms with van der Waals surface area (Å²) in [6, 6.07) is 3.88. The molecule has 1 heterocycles. The average molecular weight is 201 g/mol. The molecule has 1 aliphatic rings. The summed E-state index contributed by atoms with van der Waals surface area (Å²) in [4.78, 5) is 0. The molecule has 0 atom stereocenters. The van der Waals surface area contributed by atoms with E-state index in [-0.39, 0.29) is 0 Å². The van der Waals surface area contributed by atoms with Crippen LogP contribution in [0.3, 0.4) is 0 Å². The average Bonchev–Trinajstić information content (AvgIpc) is 2.50.